The van der Waals surface area contributed by atoms with Gasteiger partial charge in [-0.05, 0) is 35.6 Å². The topological polar surface area (TPSA) is 103 Å². The fraction of sp³-hybridized carbons (Fsp3) is 0.190. The van der Waals surface area contributed by atoms with Crippen molar-refractivity contribution in [3.63, 3.8) is 0 Å². The molecule has 3 heterocycles. The number of aromatic nitrogens is 3. The van der Waals surface area contributed by atoms with Gasteiger partial charge in [-0.3, -0.25) is 14.7 Å². The summed E-state index contributed by atoms with van der Waals surface area (Å²) in [7, 11) is 0. The van der Waals surface area contributed by atoms with Crippen molar-refractivity contribution in [2.75, 3.05) is 13.1 Å². The number of benzene rings is 1. The maximum Gasteiger partial charge on any atom is 0.271 e. The molecule has 2 amide bonds. The van der Waals surface area contributed by atoms with Gasteiger partial charge in [0.25, 0.3) is 5.91 Å². The average molecular weight is 407 g/mol. The Bertz CT molecular complexity index is 1110. The number of nitrogens with one attached hydrogen (secondary N) is 4. The van der Waals surface area contributed by atoms with Gasteiger partial charge in [0, 0.05) is 30.2 Å². The minimum absolute atomic E-state index is 0.0334. The van der Waals surface area contributed by atoms with Crippen LogP contribution in [-0.4, -0.2) is 40.1 Å². The number of thiophene rings is 1. The highest BCUT2D eigenvalue weighted by atomic mass is 32.1. The van der Waals surface area contributed by atoms with Crippen LogP contribution in [0.2, 0.25) is 0 Å². The van der Waals surface area contributed by atoms with Crippen LogP contribution >= 0.6 is 11.3 Å². The van der Waals surface area contributed by atoms with Crippen molar-refractivity contribution in [3.05, 3.63) is 65.3 Å². The van der Waals surface area contributed by atoms with Crippen LogP contribution in [0.4, 0.5) is 0 Å². The van der Waals surface area contributed by atoms with Crippen LogP contribution in [0.15, 0.2) is 54.0 Å². The molecule has 0 spiro atoms. The highest BCUT2D eigenvalue weighted by Crippen LogP contribution is 2.22. The number of hydrogen-bond acceptors (Lipinski definition) is 4. The number of hydrogen-bond donors (Lipinski definition) is 4. The molecule has 29 heavy (non-hydrogen) atoms. The molecule has 4 rings (SSSR count). The maximum absolute atomic E-state index is 12.2. The van der Waals surface area contributed by atoms with E-state index >= 15 is 0 Å². The lowest BCUT2D eigenvalue weighted by Crippen LogP contribution is -2.30. The van der Waals surface area contributed by atoms with E-state index in [1.165, 1.54) is 0 Å². The number of aromatic amines is 2. The first-order valence-electron chi connectivity index (χ1n) is 9.40. The third-order valence-corrected chi connectivity index (χ3v) is 5.49. The zero-order valence-electron chi connectivity index (χ0n) is 15.7. The first-order valence-corrected chi connectivity index (χ1v) is 10.3. The smallest absolute Gasteiger partial charge is 0.271 e. The van der Waals surface area contributed by atoms with Crippen molar-refractivity contribution in [2.45, 2.75) is 12.8 Å². The van der Waals surface area contributed by atoms with Crippen molar-refractivity contribution in [1.82, 2.24) is 25.8 Å². The molecule has 8 heteroatoms. The highest BCUT2D eigenvalue weighted by molar-refractivity contribution is 7.13. The Morgan fingerprint density at radius 2 is 1.93 bits per heavy atom. The van der Waals surface area contributed by atoms with Gasteiger partial charge in [0.05, 0.1) is 17.0 Å². The third-order valence-electron chi connectivity index (χ3n) is 4.58. The first-order chi connectivity index (χ1) is 14.2. The van der Waals surface area contributed by atoms with Crippen LogP contribution in [-0.2, 0) is 11.2 Å². The van der Waals surface area contributed by atoms with Gasteiger partial charge in [0.1, 0.15) is 0 Å². The number of para-hydroxylation sites is 1. The lowest BCUT2D eigenvalue weighted by atomic mass is 10.1. The first kappa shape index (κ1) is 18.9. The minimum atomic E-state index is -0.228. The summed E-state index contributed by atoms with van der Waals surface area (Å²) in [6.07, 6.45) is 2.85. The molecule has 0 radical (unpaired) electrons. The Hall–Kier alpha value is -3.39. The summed E-state index contributed by atoms with van der Waals surface area (Å²) in [6, 6.07) is 13.6. The molecule has 0 aliphatic heterocycles. The number of nitrogens with zero attached hydrogens (tertiary/aromatic N) is 1. The second-order valence-electron chi connectivity index (χ2n) is 6.64. The van der Waals surface area contributed by atoms with E-state index in [0.717, 1.165) is 27.0 Å². The summed E-state index contributed by atoms with van der Waals surface area (Å²) in [6.45, 7) is 0.968. The Balaban J connectivity index is 1.18. The maximum atomic E-state index is 12.2. The Morgan fingerprint density at radius 3 is 2.79 bits per heavy atom. The SMILES string of the molecule is O=C(Cc1c[nH]c2ccccc12)NCCCNC(=O)c1cc(-c2cccs2)[nH]n1. The fourth-order valence-corrected chi connectivity index (χ4v) is 3.81. The standard InChI is InChI=1S/C21H21N5O2S/c27-20(11-14-13-24-16-6-2-1-5-15(14)16)22-8-4-9-23-21(28)18-12-17(25-26-18)19-7-3-10-29-19/h1-3,5-7,10,12-13,24H,4,8-9,11H2,(H,22,27)(H,23,28)(H,25,26). The summed E-state index contributed by atoms with van der Waals surface area (Å²) < 4.78 is 0. The number of H-pyrrole nitrogens is 2. The molecule has 148 valence electrons. The molecular weight excluding hydrogens is 386 g/mol. The second-order valence-corrected chi connectivity index (χ2v) is 7.59. The molecule has 0 aliphatic carbocycles. The molecule has 7 nitrogen and oxygen atoms in total. The zero-order valence-corrected chi connectivity index (χ0v) is 16.5. The van der Waals surface area contributed by atoms with E-state index in [1.807, 2.05) is 48.0 Å². The molecule has 0 saturated heterocycles. The van der Waals surface area contributed by atoms with Gasteiger partial charge in [-0.1, -0.05) is 24.3 Å². The van der Waals surface area contributed by atoms with Gasteiger partial charge in [0.15, 0.2) is 5.69 Å². The number of carbonyl (C=O) groups excluding carboxylic acids is 2. The van der Waals surface area contributed by atoms with Gasteiger partial charge in [0.2, 0.25) is 5.91 Å². The molecule has 4 aromatic rings. The molecule has 0 bridgehead atoms. The van der Waals surface area contributed by atoms with Crippen LogP contribution in [0.25, 0.3) is 21.5 Å². The van der Waals surface area contributed by atoms with Crippen molar-refractivity contribution in [1.29, 1.82) is 0 Å². The second kappa shape index (κ2) is 8.74. The van der Waals surface area contributed by atoms with Crippen LogP contribution in [0.1, 0.15) is 22.5 Å². The predicted molar refractivity (Wildman–Crippen MR) is 114 cm³/mol. The number of carbonyl (C=O) groups is 2. The summed E-state index contributed by atoms with van der Waals surface area (Å²) >= 11 is 1.58. The molecule has 0 saturated carbocycles. The summed E-state index contributed by atoms with van der Waals surface area (Å²) in [4.78, 5) is 28.6. The lowest BCUT2D eigenvalue weighted by Gasteiger charge is -2.06. The van der Waals surface area contributed by atoms with Gasteiger partial charge in [-0.25, -0.2) is 0 Å². The van der Waals surface area contributed by atoms with Crippen LogP contribution < -0.4 is 10.6 Å². The molecular formula is C21H21N5O2S. The molecule has 3 aromatic heterocycles. The van der Waals surface area contributed by atoms with Crippen LogP contribution in [0.5, 0.6) is 0 Å². The van der Waals surface area contributed by atoms with Gasteiger partial charge >= 0.3 is 0 Å². The highest BCUT2D eigenvalue weighted by Gasteiger charge is 2.12. The number of rotatable bonds is 8. The predicted octanol–water partition coefficient (Wildman–Crippen LogP) is 3.10. The molecule has 0 aliphatic rings. The van der Waals surface area contributed by atoms with Crippen molar-refractivity contribution >= 4 is 34.1 Å². The van der Waals surface area contributed by atoms with Gasteiger partial charge in [-0.15, -0.1) is 11.3 Å². The molecule has 0 atom stereocenters. The third kappa shape index (κ3) is 4.55. The Labute approximate surface area is 171 Å². The normalized spacial score (nSPS) is 10.9. The number of fused-ring (bicyclic) bond motifs is 1. The Morgan fingerprint density at radius 1 is 1.07 bits per heavy atom. The minimum Gasteiger partial charge on any atom is -0.361 e. The van der Waals surface area contributed by atoms with E-state index in [4.69, 9.17) is 0 Å². The Kier molecular flexibility index (Phi) is 5.71. The monoisotopic (exact) mass is 407 g/mol. The van der Waals surface area contributed by atoms with E-state index < -0.39 is 0 Å². The molecule has 4 N–H and O–H groups in total. The largest absolute Gasteiger partial charge is 0.361 e. The average Bonchev–Trinajstić information content (AvgIpc) is 3.48. The van der Waals surface area contributed by atoms with Gasteiger partial charge in [-0.2, -0.15) is 5.10 Å². The van der Waals surface area contributed by atoms with E-state index in [2.05, 4.69) is 25.8 Å². The summed E-state index contributed by atoms with van der Waals surface area (Å²) in [5.74, 6) is -0.261. The van der Waals surface area contributed by atoms with E-state index in [9.17, 15) is 9.59 Å². The van der Waals surface area contributed by atoms with Crippen LogP contribution in [0, 0.1) is 0 Å². The molecule has 1 aromatic carbocycles. The van der Waals surface area contributed by atoms with Gasteiger partial charge < -0.3 is 15.6 Å². The lowest BCUT2D eigenvalue weighted by molar-refractivity contribution is -0.120. The van der Waals surface area contributed by atoms with E-state index in [0.29, 0.717) is 31.6 Å². The van der Waals surface area contributed by atoms with E-state index in [-0.39, 0.29) is 11.8 Å². The zero-order chi connectivity index (χ0) is 20.1. The van der Waals surface area contributed by atoms with Crippen molar-refractivity contribution in [3.8, 4) is 10.6 Å². The fourth-order valence-electron chi connectivity index (χ4n) is 3.12. The molecule has 0 unspecified atom stereocenters. The van der Waals surface area contributed by atoms with E-state index in [1.54, 1.807) is 17.4 Å². The quantitative estimate of drug-likeness (QED) is 0.338. The van der Waals surface area contributed by atoms with Crippen molar-refractivity contribution < 1.29 is 9.59 Å². The summed E-state index contributed by atoms with van der Waals surface area (Å²) in [5, 5.41) is 15.7. The van der Waals surface area contributed by atoms with Crippen LogP contribution in [0.3, 0.4) is 0 Å². The molecule has 0 fully saturated rings. The van der Waals surface area contributed by atoms with Crippen molar-refractivity contribution in [2.24, 2.45) is 0 Å². The number of amides is 2. The summed E-state index contributed by atoms with van der Waals surface area (Å²) in [5.41, 5.74) is 3.19.